The second-order valence-corrected chi connectivity index (χ2v) is 6.27. The Bertz CT molecular complexity index is 689. The molecule has 0 radical (unpaired) electrons. The van der Waals surface area contributed by atoms with E-state index in [0.29, 0.717) is 5.92 Å². The van der Waals surface area contributed by atoms with Crippen molar-refractivity contribution in [1.82, 2.24) is 0 Å². The third kappa shape index (κ3) is 4.35. The first kappa shape index (κ1) is 14.6. The average molecular weight is 302 g/mol. The quantitative estimate of drug-likeness (QED) is 0.581. The number of benzene rings is 2. The fourth-order valence-corrected chi connectivity index (χ4v) is 3.07. The second kappa shape index (κ2) is 7.64. The van der Waals surface area contributed by atoms with Gasteiger partial charge in [0.15, 0.2) is 0 Å². The fourth-order valence-electron chi connectivity index (χ4n) is 2.49. The highest BCUT2D eigenvalue weighted by Gasteiger charge is 2.08. The zero-order valence-corrected chi connectivity index (χ0v) is 13.2. The summed E-state index contributed by atoms with van der Waals surface area (Å²) in [5.41, 5.74) is 2.70. The maximum absolute atomic E-state index is 3.48. The van der Waals surface area contributed by atoms with Crippen molar-refractivity contribution in [2.45, 2.75) is 12.8 Å². The first-order chi connectivity index (χ1) is 10.9. The van der Waals surface area contributed by atoms with Gasteiger partial charge in [-0.1, -0.05) is 78.6 Å². The van der Waals surface area contributed by atoms with Gasteiger partial charge in [0, 0.05) is 5.92 Å². The van der Waals surface area contributed by atoms with Gasteiger partial charge in [0.05, 0.1) is 4.88 Å². The molecule has 0 saturated heterocycles. The molecular formula is C21H18S. The molecule has 0 aliphatic carbocycles. The molecule has 0 N–H and O–H groups in total. The Morgan fingerprint density at radius 1 is 0.727 bits per heavy atom. The smallest absolute Gasteiger partial charge is 0.0768 e. The van der Waals surface area contributed by atoms with Crippen LogP contribution in [-0.2, 0) is 12.8 Å². The Balaban J connectivity index is 1.78. The van der Waals surface area contributed by atoms with E-state index in [2.05, 4.69) is 90.0 Å². The summed E-state index contributed by atoms with van der Waals surface area (Å²) >= 11 is 1.70. The van der Waals surface area contributed by atoms with Crippen LogP contribution >= 0.6 is 11.3 Å². The zero-order chi connectivity index (χ0) is 15.0. The minimum absolute atomic E-state index is 0.340. The van der Waals surface area contributed by atoms with Crippen molar-refractivity contribution in [3.8, 4) is 11.8 Å². The van der Waals surface area contributed by atoms with E-state index in [1.165, 1.54) is 11.1 Å². The van der Waals surface area contributed by atoms with Gasteiger partial charge in [-0.25, -0.2) is 0 Å². The fraction of sp³-hybridized carbons (Fsp3) is 0.143. The van der Waals surface area contributed by atoms with E-state index in [1.807, 2.05) is 0 Å². The summed E-state index contributed by atoms with van der Waals surface area (Å²) in [4.78, 5) is 1.14. The SMILES string of the molecule is C(#CC(Cc1ccccc1)Cc1ccccc1)c1cccs1. The lowest BCUT2D eigenvalue weighted by molar-refractivity contribution is 0.667. The minimum Gasteiger partial charge on any atom is -0.135 e. The molecule has 0 spiro atoms. The molecule has 1 heteroatoms. The molecule has 0 aliphatic rings. The molecule has 3 aromatic rings. The molecular weight excluding hydrogens is 284 g/mol. The maximum Gasteiger partial charge on any atom is 0.0768 e. The van der Waals surface area contributed by atoms with Crippen LogP contribution in [0, 0.1) is 17.8 Å². The van der Waals surface area contributed by atoms with E-state index < -0.39 is 0 Å². The third-order valence-corrected chi connectivity index (χ3v) is 4.36. The van der Waals surface area contributed by atoms with E-state index in [4.69, 9.17) is 0 Å². The molecule has 0 atom stereocenters. The minimum atomic E-state index is 0.340. The Kier molecular flexibility index (Phi) is 5.08. The van der Waals surface area contributed by atoms with Gasteiger partial charge in [-0.15, -0.1) is 11.3 Å². The van der Waals surface area contributed by atoms with E-state index in [1.54, 1.807) is 11.3 Å². The Morgan fingerprint density at radius 2 is 1.32 bits per heavy atom. The van der Waals surface area contributed by atoms with Gasteiger partial charge >= 0.3 is 0 Å². The highest BCUT2D eigenvalue weighted by molar-refractivity contribution is 7.10. The van der Waals surface area contributed by atoms with Crippen molar-refractivity contribution in [3.63, 3.8) is 0 Å². The predicted octanol–water partition coefficient (Wildman–Crippen LogP) is 5.20. The largest absolute Gasteiger partial charge is 0.135 e. The normalized spacial score (nSPS) is 10.2. The monoisotopic (exact) mass is 302 g/mol. The molecule has 0 aliphatic heterocycles. The van der Waals surface area contributed by atoms with Crippen LogP contribution in [0.5, 0.6) is 0 Å². The van der Waals surface area contributed by atoms with Crippen LogP contribution in [0.25, 0.3) is 0 Å². The zero-order valence-electron chi connectivity index (χ0n) is 12.4. The van der Waals surface area contributed by atoms with Crippen LogP contribution in [-0.4, -0.2) is 0 Å². The van der Waals surface area contributed by atoms with E-state index in [-0.39, 0.29) is 0 Å². The van der Waals surface area contributed by atoms with E-state index >= 15 is 0 Å². The molecule has 0 fully saturated rings. The molecule has 0 unspecified atom stereocenters. The lowest BCUT2D eigenvalue weighted by Gasteiger charge is -2.11. The topological polar surface area (TPSA) is 0 Å². The highest BCUT2D eigenvalue weighted by Crippen LogP contribution is 2.15. The van der Waals surface area contributed by atoms with Crippen molar-refractivity contribution < 1.29 is 0 Å². The molecule has 0 nitrogen and oxygen atoms in total. The number of thiophene rings is 1. The number of hydrogen-bond donors (Lipinski definition) is 0. The second-order valence-electron chi connectivity index (χ2n) is 5.32. The first-order valence-electron chi connectivity index (χ1n) is 7.53. The van der Waals surface area contributed by atoms with Crippen molar-refractivity contribution in [1.29, 1.82) is 0 Å². The lowest BCUT2D eigenvalue weighted by atomic mass is 9.93. The molecule has 1 aromatic heterocycles. The van der Waals surface area contributed by atoms with Crippen LogP contribution in [0.2, 0.25) is 0 Å². The highest BCUT2D eigenvalue weighted by atomic mass is 32.1. The van der Waals surface area contributed by atoms with Crippen molar-refractivity contribution >= 4 is 11.3 Å². The summed E-state index contributed by atoms with van der Waals surface area (Å²) in [6, 6.07) is 25.4. The summed E-state index contributed by atoms with van der Waals surface area (Å²) in [7, 11) is 0. The van der Waals surface area contributed by atoms with Crippen LogP contribution in [0.15, 0.2) is 78.2 Å². The summed E-state index contributed by atoms with van der Waals surface area (Å²) in [5.74, 6) is 7.15. The van der Waals surface area contributed by atoms with Gasteiger partial charge in [-0.3, -0.25) is 0 Å². The van der Waals surface area contributed by atoms with Crippen LogP contribution in [0.3, 0.4) is 0 Å². The van der Waals surface area contributed by atoms with Crippen molar-refractivity contribution in [3.05, 3.63) is 94.2 Å². The number of hydrogen-bond acceptors (Lipinski definition) is 1. The standard InChI is InChI=1S/C21H18S/c1-3-8-18(9-4-1)16-20(13-14-21-12-7-15-22-21)17-19-10-5-2-6-11-19/h1-12,15,20H,16-17H2. The van der Waals surface area contributed by atoms with Crippen molar-refractivity contribution in [2.24, 2.45) is 5.92 Å². The molecule has 108 valence electrons. The van der Waals surface area contributed by atoms with E-state index in [0.717, 1.165) is 17.7 Å². The molecule has 0 amide bonds. The van der Waals surface area contributed by atoms with Crippen LogP contribution < -0.4 is 0 Å². The number of rotatable bonds is 4. The Hall–Kier alpha value is -2.30. The molecule has 3 rings (SSSR count). The Labute approximate surface area is 136 Å². The van der Waals surface area contributed by atoms with Crippen molar-refractivity contribution in [2.75, 3.05) is 0 Å². The first-order valence-corrected chi connectivity index (χ1v) is 8.41. The average Bonchev–Trinajstić information content (AvgIpc) is 3.08. The van der Waals surface area contributed by atoms with Gasteiger partial charge in [0.1, 0.15) is 0 Å². The maximum atomic E-state index is 3.48. The molecule has 1 heterocycles. The predicted molar refractivity (Wildman–Crippen MR) is 95.0 cm³/mol. The lowest BCUT2D eigenvalue weighted by Crippen LogP contribution is -2.06. The summed E-state index contributed by atoms with van der Waals surface area (Å²) in [6.07, 6.45) is 1.99. The van der Waals surface area contributed by atoms with Crippen LogP contribution in [0.4, 0.5) is 0 Å². The van der Waals surface area contributed by atoms with Gasteiger partial charge in [-0.2, -0.15) is 0 Å². The Morgan fingerprint density at radius 3 is 1.82 bits per heavy atom. The molecule has 2 aromatic carbocycles. The van der Waals surface area contributed by atoms with Gasteiger partial charge < -0.3 is 0 Å². The van der Waals surface area contributed by atoms with Gasteiger partial charge in [0.25, 0.3) is 0 Å². The van der Waals surface area contributed by atoms with Gasteiger partial charge in [0.2, 0.25) is 0 Å². The van der Waals surface area contributed by atoms with Crippen LogP contribution in [0.1, 0.15) is 16.0 Å². The molecule has 0 saturated carbocycles. The summed E-state index contributed by atoms with van der Waals surface area (Å²) < 4.78 is 0. The van der Waals surface area contributed by atoms with E-state index in [9.17, 15) is 0 Å². The third-order valence-electron chi connectivity index (χ3n) is 3.57. The summed E-state index contributed by atoms with van der Waals surface area (Å²) in [6.45, 7) is 0. The molecule has 0 bridgehead atoms. The van der Waals surface area contributed by atoms with Gasteiger partial charge in [-0.05, 0) is 35.4 Å². The molecule has 22 heavy (non-hydrogen) atoms. The summed E-state index contributed by atoms with van der Waals surface area (Å²) in [5, 5.41) is 2.08.